The Morgan fingerprint density at radius 1 is 1.24 bits per heavy atom. The van der Waals surface area contributed by atoms with Crippen molar-refractivity contribution in [3.05, 3.63) is 34.9 Å². The number of carbonyl (C=O) groups is 2. The highest BCUT2D eigenvalue weighted by atomic mass is 16.5. The van der Waals surface area contributed by atoms with Crippen molar-refractivity contribution >= 4 is 11.9 Å². The van der Waals surface area contributed by atoms with Gasteiger partial charge in [0.15, 0.2) is 0 Å². The number of ether oxygens (including phenoxy) is 1. The van der Waals surface area contributed by atoms with Crippen LogP contribution in [0.3, 0.4) is 0 Å². The lowest BCUT2D eigenvalue weighted by Crippen LogP contribution is -2.42. The molecule has 114 valence electrons. The van der Waals surface area contributed by atoms with Gasteiger partial charge in [-0.05, 0) is 43.9 Å². The molecule has 1 aromatic rings. The van der Waals surface area contributed by atoms with Crippen LogP contribution in [0.25, 0.3) is 0 Å². The molecule has 0 saturated heterocycles. The predicted octanol–water partition coefficient (Wildman–Crippen LogP) is 2.86. The fourth-order valence-electron chi connectivity index (χ4n) is 2.92. The van der Waals surface area contributed by atoms with Crippen LogP contribution in [0, 0.1) is 13.8 Å². The number of carbonyl (C=O) groups excluding carboxylic acids is 2. The molecule has 4 heteroatoms. The highest BCUT2D eigenvalue weighted by Crippen LogP contribution is 2.26. The van der Waals surface area contributed by atoms with Crippen LogP contribution in [0.1, 0.15) is 47.2 Å². The maximum Gasteiger partial charge on any atom is 0.325 e. The predicted molar refractivity (Wildman–Crippen MR) is 81.2 cm³/mol. The maximum atomic E-state index is 12.9. The van der Waals surface area contributed by atoms with E-state index in [0.717, 1.165) is 36.8 Å². The van der Waals surface area contributed by atoms with Crippen molar-refractivity contribution in [2.45, 2.75) is 45.6 Å². The van der Waals surface area contributed by atoms with Crippen molar-refractivity contribution in [3.8, 4) is 0 Å². The van der Waals surface area contributed by atoms with Gasteiger partial charge in [0, 0.05) is 11.6 Å². The van der Waals surface area contributed by atoms with Crippen molar-refractivity contribution in [2.24, 2.45) is 0 Å². The van der Waals surface area contributed by atoms with Gasteiger partial charge in [-0.15, -0.1) is 0 Å². The molecular formula is C17H23NO3. The Balaban J connectivity index is 2.28. The summed E-state index contributed by atoms with van der Waals surface area (Å²) in [7, 11) is 1.36. The summed E-state index contributed by atoms with van der Waals surface area (Å²) in [6.07, 6.45) is 4.16. The number of hydrogen-bond acceptors (Lipinski definition) is 3. The lowest BCUT2D eigenvalue weighted by molar-refractivity contribution is -0.141. The van der Waals surface area contributed by atoms with E-state index >= 15 is 0 Å². The minimum Gasteiger partial charge on any atom is -0.468 e. The molecule has 1 fully saturated rings. The fraction of sp³-hybridized carbons (Fsp3) is 0.529. The van der Waals surface area contributed by atoms with Gasteiger partial charge in [0.2, 0.25) is 0 Å². The Labute approximate surface area is 126 Å². The summed E-state index contributed by atoms with van der Waals surface area (Å²) >= 11 is 0. The van der Waals surface area contributed by atoms with E-state index in [1.54, 1.807) is 4.90 Å². The van der Waals surface area contributed by atoms with E-state index in [0.29, 0.717) is 5.56 Å². The second kappa shape index (κ2) is 6.74. The zero-order valence-electron chi connectivity index (χ0n) is 13.0. The molecule has 1 aliphatic rings. The summed E-state index contributed by atoms with van der Waals surface area (Å²) in [5.41, 5.74) is 2.76. The molecule has 0 bridgehead atoms. The van der Waals surface area contributed by atoms with Gasteiger partial charge in [-0.1, -0.05) is 25.0 Å². The third-order valence-corrected chi connectivity index (χ3v) is 4.39. The van der Waals surface area contributed by atoms with Gasteiger partial charge < -0.3 is 9.64 Å². The number of hydrogen-bond donors (Lipinski definition) is 0. The van der Waals surface area contributed by atoms with Gasteiger partial charge in [-0.25, -0.2) is 0 Å². The molecule has 1 aromatic carbocycles. The first-order valence-electron chi connectivity index (χ1n) is 7.48. The Kier molecular flexibility index (Phi) is 4.99. The summed E-state index contributed by atoms with van der Waals surface area (Å²) in [4.78, 5) is 26.2. The first-order valence-corrected chi connectivity index (χ1v) is 7.48. The van der Waals surface area contributed by atoms with Crippen LogP contribution in [0.5, 0.6) is 0 Å². The van der Waals surface area contributed by atoms with Crippen LogP contribution in [0.4, 0.5) is 0 Å². The van der Waals surface area contributed by atoms with Crippen LogP contribution >= 0.6 is 0 Å². The highest BCUT2D eigenvalue weighted by molar-refractivity contribution is 5.97. The molecular weight excluding hydrogens is 266 g/mol. The van der Waals surface area contributed by atoms with Gasteiger partial charge in [-0.3, -0.25) is 9.59 Å². The second-order valence-electron chi connectivity index (χ2n) is 5.69. The maximum absolute atomic E-state index is 12.9. The quantitative estimate of drug-likeness (QED) is 0.801. The molecule has 0 atom stereocenters. The van der Waals surface area contributed by atoms with E-state index < -0.39 is 0 Å². The van der Waals surface area contributed by atoms with E-state index in [1.165, 1.54) is 7.11 Å². The zero-order valence-corrected chi connectivity index (χ0v) is 13.0. The monoisotopic (exact) mass is 289 g/mol. The normalized spacial score (nSPS) is 15.0. The zero-order chi connectivity index (χ0) is 15.4. The number of methoxy groups -OCH3 is 1. The number of rotatable bonds is 4. The Morgan fingerprint density at radius 2 is 1.90 bits per heavy atom. The minimum absolute atomic E-state index is 0.0351. The third kappa shape index (κ3) is 3.43. The molecule has 0 heterocycles. The summed E-state index contributed by atoms with van der Waals surface area (Å²) in [5.74, 6) is -0.422. The molecule has 0 radical (unpaired) electrons. The Hall–Kier alpha value is -1.84. The summed E-state index contributed by atoms with van der Waals surface area (Å²) in [6, 6.07) is 5.87. The Morgan fingerprint density at radius 3 is 2.52 bits per heavy atom. The molecule has 0 spiro atoms. The first-order chi connectivity index (χ1) is 10.0. The van der Waals surface area contributed by atoms with Crippen LogP contribution < -0.4 is 0 Å². The van der Waals surface area contributed by atoms with Crippen LogP contribution in [-0.2, 0) is 9.53 Å². The molecule has 0 unspecified atom stereocenters. The van der Waals surface area contributed by atoms with E-state index in [-0.39, 0.29) is 24.5 Å². The molecule has 1 aliphatic carbocycles. The van der Waals surface area contributed by atoms with E-state index in [2.05, 4.69) is 0 Å². The molecule has 1 amide bonds. The number of nitrogens with zero attached hydrogens (tertiary/aromatic N) is 1. The van der Waals surface area contributed by atoms with E-state index in [9.17, 15) is 9.59 Å². The van der Waals surface area contributed by atoms with Crippen LogP contribution in [0.15, 0.2) is 18.2 Å². The fourth-order valence-corrected chi connectivity index (χ4v) is 2.92. The molecule has 0 N–H and O–H groups in total. The molecule has 21 heavy (non-hydrogen) atoms. The average Bonchev–Trinajstić information content (AvgIpc) is 3.00. The first kappa shape index (κ1) is 15.5. The minimum atomic E-state index is -0.361. The lowest BCUT2D eigenvalue weighted by Gasteiger charge is -2.28. The standard InChI is InChI=1S/C17H23NO3/c1-12-7-6-10-15(13(12)2)17(20)18(11-16(19)21-3)14-8-4-5-9-14/h6-7,10,14H,4-5,8-9,11H2,1-3H3. The number of benzene rings is 1. The smallest absolute Gasteiger partial charge is 0.325 e. The lowest BCUT2D eigenvalue weighted by atomic mass is 10.0. The summed E-state index contributed by atoms with van der Waals surface area (Å²) < 4.78 is 4.75. The largest absolute Gasteiger partial charge is 0.468 e. The second-order valence-corrected chi connectivity index (χ2v) is 5.69. The molecule has 1 saturated carbocycles. The molecule has 0 aromatic heterocycles. The number of aryl methyl sites for hydroxylation is 1. The van der Waals surface area contributed by atoms with Gasteiger partial charge in [0.25, 0.3) is 5.91 Å². The van der Waals surface area contributed by atoms with Gasteiger partial charge >= 0.3 is 5.97 Å². The Bertz CT molecular complexity index is 533. The summed E-state index contributed by atoms with van der Waals surface area (Å²) in [5, 5.41) is 0. The van der Waals surface area contributed by atoms with Crippen molar-refractivity contribution in [2.75, 3.05) is 13.7 Å². The van der Waals surface area contributed by atoms with Crippen LogP contribution in [-0.4, -0.2) is 36.5 Å². The highest BCUT2D eigenvalue weighted by Gasteiger charge is 2.30. The molecule has 2 rings (SSSR count). The number of amides is 1. The van der Waals surface area contributed by atoms with Gasteiger partial charge in [-0.2, -0.15) is 0 Å². The number of esters is 1. The SMILES string of the molecule is COC(=O)CN(C(=O)c1cccc(C)c1C)C1CCCC1. The van der Waals surface area contributed by atoms with Crippen molar-refractivity contribution in [3.63, 3.8) is 0 Å². The van der Waals surface area contributed by atoms with E-state index in [1.807, 2.05) is 32.0 Å². The van der Waals surface area contributed by atoms with Gasteiger partial charge in [0.05, 0.1) is 7.11 Å². The van der Waals surface area contributed by atoms with Crippen LogP contribution in [0.2, 0.25) is 0 Å². The van der Waals surface area contributed by atoms with E-state index in [4.69, 9.17) is 4.74 Å². The van der Waals surface area contributed by atoms with Gasteiger partial charge in [0.1, 0.15) is 6.54 Å². The van der Waals surface area contributed by atoms with Crippen molar-refractivity contribution in [1.29, 1.82) is 0 Å². The van der Waals surface area contributed by atoms with Crippen molar-refractivity contribution in [1.82, 2.24) is 4.90 Å². The summed E-state index contributed by atoms with van der Waals surface area (Å²) in [6.45, 7) is 3.98. The average molecular weight is 289 g/mol. The molecule has 4 nitrogen and oxygen atoms in total. The third-order valence-electron chi connectivity index (χ3n) is 4.39. The molecule has 0 aliphatic heterocycles. The topological polar surface area (TPSA) is 46.6 Å². The van der Waals surface area contributed by atoms with Crippen molar-refractivity contribution < 1.29 is 14.3 Å².